The van der Waals surface area contributed by atoms with Crippen LogP contribution in [0.15, 0.2) is 48.5 Å². The summed E-state index contributed by atoms with van der Waals surface area (Å²) in [6.45, 7) is 3.45. The molecule has 26 heavy (non-hydrogen) atoms. The summed E-state index contributed by atoms with van der Waals surface area (Å²) in [7, 11) is 0. The van der Waals surface area contributed by atoms with E-state index in [2.05, 4.69) is 29.2 Å². The molecular weight excluding hydrogens is 328 g/mol. The molecule has 0 bridgehead atoms. The molecule has 2 aromatic rings. The zero-order valence-electron chi connectivity index (χ0n) is 14.5. The molecule has 2 aromatic carbocycles. The molecule has 6 nitrogen and oxygen atoms in total. The largest absolute Gasteiger partial charge is 0.485 e. The van der Waals surface area contributed by atoms with Crippen molar-refractivity contribution in [1.82, 2.24) is 9.80 Å². The average Bonchev–Trinajstić information content (AvgIpc) is 2.68. The second-order valence-electron chi connectivity index (χ2n) is 6.59. The maximum absolute atomic E-state index is 7.97. The first kappa shape index (κ1) is 16.6. The van der Waals surface area contributed by atoms with Crippen LogP contribution < -0.4 is 9.47 Å². The highest BCUT2D eigenvalue weighted by Gasteiger charge is 2.23. The first-order valence-electron chi connectivity index (χ1n) is 8.77. The van der Waals surface area contributed by atoms with Crippen LogP contribution in [0, 0.1) is 10.8 Å². The van der Waals surface area contributed by atoms with E-state index in [0.717, 1.165) is 30.2 Å². The first-order valence-corrected chi connectivity index (χ1v) is 8.77. The number of ether oxygens (including phenoxy) is 2. The van der Waals surface area contributed by atoms with Gasteiger partial charge in [0.1, 0.15) is 12.4 Å². The summed E-state index contributed by atoms with van der Waals surface area (Å²) < 4.78 is 11.9. The quantitative estimate of drug-likeness (QED) is 0.657. The molecule has 1 atom stereocenters. The highest BCUT2D eigenvalue weighted by Crippen LogP contribution is 2.35. The number of nitrogens with zero attached hydrogens (tertiary/aromatic N) is 2. The number of hydrogen-bond donors (Lipinski definition) is 2. The third-order valence-electron chi connectivity index (χ3n) is 4.80. The van der Waals surface area contributed by atoms with Crippen LogP contribution in [0.3, 0.4) is 0 Å². The summed E-state index contributed by atoms with van der Waals surface area (Å²) in [6.07, 6.45) is 1.14. The molecule has 0 aliphatic carbocycles. The third kappa shape index (κ3) is 3.41. The van der Waals surface area contributed by atoms with Crippen molar-refractivity contribution >= 4 is 12.2 Å². The maximum atomic E-state index is 7.97. The lowest BCUT2D eigenvalue weighted by Gasteiger charge is -2.33. The Hall–Kier alpha value is -2.86. The van der Waals surface area contributed by atoms with Crippen molar-refractivity contribution in [3.63, 3.8) is 0 Å². The Kier molecular flexibility index (Phi) is 4.58. The molecule has 6 heteroatoms. The summed E-state index contributed by atoms with van der Waals surface area (Å²) >= 11 is 0. The van der Waals surface area contributed by atoms with Crippen LogP contribution in [-0.4, -0.2) is 48.2 Å². The Balaban J connectivity index is 1.39. The fraction of sp³-hybridized carbons (Fsp3) is 0.300. The fourth-order valence-electron chi connectivity index (χ4n) is 3.32. The number of nitrogens with one attached hydrogen (secondary N) is 2. The average molecular weight is 350 g/mol. The summed E-state index contributed by atoms with van der Waals surface area (Å²) in [5.74, 6) is 2.07. The molecule has 1 saturated heterocycles. The molecular formula is C20H22N4O2. The van der Waals surface area contributed by atoms with Crippen LogP contribution in [0.2, 0.25) is 0 Å². The van der Waals surface area contributed by atoms with Crippen LogP contribution in [0.1, 0.15) is 17.2 Å². The molecule has 0 amide bonds. The third-order valence-corrected chi connectivity index (χ3v) is 4.80. The van der Waals surface area contributed by atoms with Gasteiger partial charge in [-0.15, -0.1) is 0 Å². The Morgan fingerprint density at radius 3 is 2.54 bits per heavy atom. The molecule has 4 rings (SSSR count). The minimum atomic E-state index is -0.0942. The standard InChI is InChI=1S/C20H22N4O2/c21-14-24-10-9-23(12-20(24)22)11-15-5-7-16(8-6-15)19-13-25-17-3-1-2-4-18(17)26-19/h1-8,14,19,21-22H,9-13H2. The number of para-hydroxylation sites is 2. The van der Waals surface area contributed by atoms with Gasteiger partial charge in [0, 0.05) is 19.6 Å². The second-order valence-corrected chi connectivity index (χ2v) is 6.59. The van der Waals surface area contributed by atoms with Crippen molar-refractivity contribution in [3.05, 3.63) is 59.7 Å². The van der Waals surface area contributed by atoms with Crippen LogP contribution in [0.5, 0.6) is 11.5 Å². The molecule has 134 valence electrons. The van der Waals surface area contributed by atoms with Gasteiger partial charge in [0.25, 0.3) is 0 Å². The minimum absolute atomic E-state index is 0.0942. The summed E-state index contributed by atoms with van der Waals surface area (Å²) in [6, 6.07) is 16.2. The lowest BCUT2D eigenvalue weighted by Crippen LogP contribution is -2.48. The van der Waals surface area contributed by atoms with Crippen molar-refractivity contribution in [2.24, 2.45) is 0 Å². The number of fused-ring (bicyclic) bond motifs is 1. The first-order chi connectivity index (χ1) is 12.7. The molecule has 2 aliphatic rings. The van der Waals surface area contributed by atoms with Crippen LogP contribution in [-0.2, 0) is 6.54 Å². The molecule has 1 fully saturated rings. The SMILES string of the molecule is N=CN1CCN(Cc2ccc(C3COc4ccccc4O3)cc2)CC1=N. The number of rotatable bonds is 4. The second kappa shape index (κ2) is 7.17. The van der Waals surface area contributed by atoms with Gasteiger partial charge in [-0.1, -0.05) is 36.4 Å². The molecule has 2 aliphatic heterocycles. The summed E-state index contributed by atoms with van der Waals surface area (Å²) in [4.78, 5) is 3.91. The topological polar surface area (TPSA) is 72.6 Å². The van der Waals surface area contributed by atoms with E-state index in [1.54, 1.807) is 4.90 Å². The van der Waals surface area contributed by atoms with Gasteiger partial charge < -0.3 is 14.4 Å². The fourth-order valence-corrected chi connectivity index (χ4v) is 3.32. The lowest BCUT2D eigenvalue weighted by atomic mass is 10.1. The van der Waals surface area contributed by atoms with Crippen molar-refractivity contribution in [2.45, 2.75) is 12.6 Å². The molecule has 2 N–H and O–H groups in total. The number of amidine groups is 1. The van der Waals surface area contributed by atoms with Gasteiger partial charge in [-0.2, -0.15) is 0 Å². The molecule has 2 heterocycles. The Labute approximate surface area is 153 Å². The normalized spacial score (nSPS) is 20.1. The van der Waals surface area contributed by atoms with E-state index >= 15 is 0 Å². The highest BCUT2D eigenvalue weighted by molar-refractivity contribution is 5.91. The number of hydrogen-bond acceptors (Lipinski definition) is 5. The monoisotopic (exact) mass is 350 g/mol. The van der Waals surface area contributed by atoms with Gasteiger partial charge in [0.2, 0.25) is 0 Å². The van der Waals surface area contributed by atoms with Crippen molar-refractivity contribution < 1.29 is 9.47 Å². The van der Waals surface area contributed by atoms with Crippen LogP contribution in [0.25, 0.3) is 0 Å². The predicted octanol–water partition coefficient (Wildman–Crippen LogP) is 2.90. The summed E-state index contributed by atoms with van der Waals surface area (Å²) in [5, 5.41) is 15.3. The Morgan fingerprint density at radius 1 is 1.04 bits per heavy atom. The molecule has 0 radical (unpaired) electrons. The number of piperazine rings is 1. The van der Waals surface area contributed by atoms with Gasteiger partial charge in [-0.3, -0.25) is 15.7 Å². The van der Waals surface area contributed by atoms with E-state index in [0.29, 0.717) is 25.5 Å². The zero-order valence-corrected chi connectivity index (χ0v) is 14.5. The van der Waals surface area contributed by atoms with Crippen LogP contribution >= 0.6 is 0 Å². The Bertz CT molecular complexity index is 806. The highest BCUT2D eigenvalue weighted by atomic mass is 16.6. The van der Waals surface area contributed by atoms with Crippen LogP contribution in [0.4, 0.5) is 0 Å². The van der Waals surface area contributed by atoms with E-state index in [1.165, 1.54) is 11.9 Å². The van der Waals surface area contributed by atoms with Gasteiger partial charge in [0.05, 0.1) is 12.9 Å². The van der Waals surface area contributed by atoms with E-state index in [9.17, 15) is 0 Å². The van der Waals surface area contributed by atoms with Crippen molar-refractivity contribution in [1.29, 1.82) is 10.8 Å². The van der Waals surface area contributed by atoms with E-state index in [1.807, 2.05) is 24.3 Å². The summed E-state index contributed by atoms with van der Waals surface area (Å²) in [5.41, 5.74) is 2.31. The Morgan fingerprint density at radius 2 is 1.81 bits per heavy atom. The van der Waals surface area contributed by atoms with Gasteiger partial charge >= 0.3 is 0 Å². The molecule has 0 saturated carbocycles. The zero-order chi connectivity index (χ0) is 17.9. The van der Waals surface area contributed by atoms with Crippen molar-refractivity contribution in [3.8, 4) is 11.5 Å². The van der Waals surface area contributed by atoms with Gasteiger partial charge in [-0.05, 0) is 23.3 Å². The lowest BCUT2D eigenvalue weighted by molar-refractivity contribution is 0.0913. The van der Waals surface area contributed by atoms with E-state index < -0.39 is 0 Å². The smallest absolute Gasteiger partial charge is 0.162 e. The molecule has 1 unspecified atom stereocenters. The van der Waals surface area contributed by atoms with Gasteiger partial charge in [0.15, 0.2) is 17.6 Å². The maximum Gasteiger partial charge on any atom is 0.162 e. The number of benzene rings is 2. The van der Waals surface area contributed by atoms with E-state index in [-0.39, 0.29) is 6.10 Å². The molecule has 0 spiro atoms. The van der Waals surface area contributed by atoms with Gasteiger partial charge in [-0.25, -0.2) is 0 Å². The van der Waals surface area contributed by atoms with E-state index in [4.69, 9.17) is 20.3 Å². The minimum Gasteiger partial charge on any atom is -0.485 e. The van der Waals surface area contributed by atoms with Crippen molar-refractivity contribution in [2.75, 3.05) is 26.2 Å². The predicted molar refractivity (Wildman–Crippen MR) is 100 cm³/mol. The molecule has 0 aromatic heterocycles.